The Hall–Kier alpha value is -0.350. The van der Waals surface area contributed by atoms with Gasteiger partial charge >= 0.3 is 0 Å². The van der Waals surface area contributed by atoms with Gasteiger partial charge in [0.1, 0.15) is 0 Å². The Balaban J connectivity index is 3.10. The molecule has 2 atom stereocenters. The molecule has 0 fully saturated rings. The van der Waals surface area contributed by atoms with E-state index in [4.69, 9.17) is 0 Å². The third-order valence-corrected chi connectivity index (χ3v) is 5.67. The zero-order valence-electron chi connectivity index (χ0n) is 8.14. The van der Waals surface area contributed by atoms with Crippen LogP contribution in [0.2, 0.25) is 0 Å². The van der Waals surface area contributed by atoms with Gasteiger partial charge in [-0.3, -0.25) is 0 Å². The van der Waals surface area contributed by atoms with Gasteiger partial charge < -0.3 is 0 Å². The number of benzene rings is 1. The number of halogens is 1. The largest absolute Gasteiger partial charge is 0.223 e. The summed E-state index contributed by atoms with van der Waals surface area (Å²) in [7, 11) is -3.19. The van der Waals surface area contributed by atoms with Gasteiger partial charge in [-0.25, -0.2) is 8.42 Å². The molecule has 2 nitrogen and oxygen atoms in total. The molecule has 4 heteroatoms. The first-order chi connectivity index (χ1) is 6.46. The van der Waals surface area contributed by atoms with Crippen LogP contribution in [0.3, 0.4) is 0 Å². The summed E-state index contributed by atoms with van der Waals surface area (Å²) in [6.45, 7) is 3.55. The minimum Gasteiger partial charge on any atom is -0.223 e. The van der Waals surface area contributed by atoms with Crippen molar-refractivity contribution in [3.63, 3.8) is 0 Å². The Morgan fingerprint density at radius 1 is 1.14 bits per heavy atom. The first-order valence-corrected chi connectivity index (χ1v) is 6.85. The Kier molecular flexibility index (Phi) is 3.72. The van der Waals surface area contributed by atoms with Gasteiger partial charge in [-0.2, -0.15) is 0 Å². The molecule has 0 heterocycles. The molecule has 78 valence electrons. The fourth-order valence-electron chi connectivity index (χ4n) is 1.07. The molecule has 0 unspecified atom stereocenters. The molecule has 0 aromatic heterocycles. The van der Waals surface area contributed by atoms with E-state index in [9.17, 15) is 8.42 Å². The maximum atomic E-state index is 11.9. The van der Waals surface area contributed by atoms with Crippen LogP contribution in [0.1, 0.15) is 13.8 Å². The molecule has 0 aliphatic carbocycles. The van der Waals surface area contributed by atoms with Crippen molar-refractivity contribution in [1.82, 2.24) is 0 Å². The van der Waals surface area contributed by atoms with Crippen LogP contribution in [-0.2, 0) is 9.84 Å². The fraction of sp³-hybridized carbons (Fsp3) is 0.400. The van der Waals surface area contributed by atoms with Crippen LogP contribution >= 0.6 is 15.9 Å². The van der Waals surface area contributed by atoms with E-state index < -0.39 is 15.1 Å². The molecule has 0 saturated carbocycles. The lowest BCUT2D eigenvalue weighted by Crippen LogP contribution is -2.25. The summed E-state index contributed by atoms with van der Waals surface area (Å²) in [5, 5.41) is -0.412. The van der Waals surface area contributed by atoms with Crippen LogP contribution in [-0.4, -0.2) is 18.5 Å². The van der Waals surface area contributed by atoms with Gasteiger partial charge in [-0.1, -0.05) is 41.1 Å². The maximum absolute atomic E-state index is 11.9. The summed E-state index contributed by atoms with van der Waals surface area (Å²) in [5.74, 6) is 0. The quantitative estimate of drug-likeness (QED) is 0.796. The molecule has 1 aromatic rings. The number of hydrogen-bond acceptors (Lipinski definition) is 2. The number of alkyl halides is 1. The Morgan fingerprint density at radius 3 is 2.07 bits per heavy atom. The van der Waals surface area contributed by atoms with Crippen molar-refractivity contribution in [3.05, 3.63) is 30.3 Å². The number of rotatable bonds is 3. The van der Waals surface area contributed by atoms with Gasteiger partial charge in [0.2, 0.25) is 0 Å². The van der Waals surface area contributed by atoms with E-state index in [1.807, 2.05) is 6.92 Å². The van der Waals surface area contributed by atoms with Crippen LogP contribution in [0.25, 0.3) is 0 Å². The number of sulfone groups is 1. The molecule has 0 aliphatic heterocycles. The van der Waals surface area contributed by atoms with E-state index in [0.29, 0.717) is 4.90 Å². The van der Waals surface area contributed by atoms with E-state index in [1.165, 1.54) is 0 Å². The lowest BCUT2D eigenvalue weighted by Gasteiger charge is -2.14. The van der Waals surface area contributed by atoms with Crippen molar-refractivity contribution >= 4 is 25.8 Å². The predicted octanol–water partition coefficient (Wildman–Crippen LogP) is 2.63. The standard InChI is InChI=1S/C10H13BrO2S/c1-8(11)9(2)14(12,13)10-6-4-3-5-7-10/h3-9H,1-2H3/t8-,9-/m1/s1. The second kappa shape index (κ2) is 4.45. The molecule has 0 amide bonds. The van der Waals surface area contributed by atoms with Crippen molar-refractivity contribution in [3.8, 4) is 0 Å². The van der Waals surface area contributed by atoms with Crippen LogP contribution in [0.4, 0.5) is 0 Å². The van der Waals surface area contributed by atoms with Gasteiger partial charge in [0, 0.05) is 4.83 Å². The lowest BCUT2D eigenvalue weighted by atomic mass is 10.4. The molecular weight excluding hydrogens is 264 g/mol. The third kappa shape index (κ3) is 2.36. The van der Waals surface area contributed by atoms with Gasteiger partial charge in [-0.15, -0.1) is 0 Å². The monoisotopic (exact) mass is 276 g/mol. The van der Waals surface area contributed by atoms with E-state index in [-0.39, 0.29) is 4.83 Å². The van der Waals surface area contributed by atoms with Gasteiger partial charge in [-0.05, 0) is 19.1 Å². The molecule has 14 heavy (non-hydrogen) atoms. The smallest absolute Gasteiger partial charge is 0.182 e. The van der Waals surface area contributed by atoms with Crippen LogP contribution in [0.5, 0.6) is 0 Å². The highest BCUT2D eigenvalue weighted by Gasteiger charge is 2.26. The molecule has 1 rings (SSSR count). The first-order valence-electron chi connectivity index (χ1n) is 4.39. The topological polar surface area (TPSA) is 34.1 Å². The lowest BCUT2D eigenvalue weighted by molar-refractivity contribution is 0.583. The Morgan fingerprint density at radius 2 is 1.64 bits per heavy atom. The summed E-state index contributed by atoms with van der Waals surface area (Å²) >= 11 is 3.29. The van der Waals surface area contributed by atoms with Crippen molar-refractivity contribution in [2.24, 2.45) is 0 Å². The zero-order valence-corrected chi connectivity index (χ0v) is 10.5. The van der Waals surface area contributed by atoms with Gasteiger partial charge in [0.15, 0.2) is 9.84 Å². The molecule has 0 saturated heterocycles. The summed E-state index contributed by atoms with van der Waals surface area (Å²) < 4.78 is 23.9. The minimum absolute atomic E-state index is 0.0484. The second-order valence-corrected chi connectivity index (χ2v) is 6.99. The SMILES string of the molecule is C[C@H]([C@@H](C)Br)S(=O)(=O)c1ccccc1. The van der Waals surface area contributed by atoms with Crippen molar-refractivity contribution in [2.75, 3.05) is 0 Å². The predicted molar refractivity (Wildman–Crippen MR) is 61.5 cm³/mol. The molecule has 0 N–H and O–H groups in total. The molecule has 0 radical (unpaired) electrons. The molecule has 0 aliphatic rings. The molecule has 0 bridgehead atoms. The summed E-state index contributed by atoms with van der Waals surface area (Å²) in [6, 6.07) is 8.53. The second-order valence-electron chi connectivity index (χ2n) is 3.24. The number of hydrogen-bond donors (Lipinski definition) is 0. The van der Waals surface area contributed by atoms with Crippen LogP contribution < -0.4 is 0 Å². The van der Waals surface area contributed by atoms with Crippen LogP contribution in [0.15, 0.2) is 35.2 Å². The average molecular weight is 277 g/mol. The van der Waals surface area contributed by atoms with E-state index in [0.717, 1.165) is 0 Å². The normalized spacial score (nSPS) is 16.2. The van der Waals surface area contributed by atoms with Gasteiger partial charge in [0.25, 0.3) is 0 Å². The highest BCUT2D eigenvalue weighted by atomic mass is 79.9. The Labute approximate surface area is 93.4 Å². The summed E-state index contributed by atoms with van der Waals surface area (Å²) in [4.78, 5) is 0.339. The summed E-state index contributed by atoms with van der Waals surface area (Å²) in [5.41, 5.74) is 0. The first kappa shape index (κ1) is 11.7. The average Bonchev–Trinajstić information content (AvgIpc) is 2.18. The van der Waals surface area contributed by atoms with Crippen molar-refractivity contribution < 1.29 is 8.42 Å². The molecule has 0 spiro atoms. The fourth-order valence-corrected chi connectivity index (χ4v) is 3.38. The van der Waals surface area contributed by atoms with E-state index >= 15 is 0 Å². The molecule has 1 aromatic carbocycles. The third-order valence-electron chi connectivity index (χ3n) is 2.21. The minimum atomic E-state index is -3.19. The highest BCUT2D eigenvalue weighted by Crippen LogP contribution is 2.21. The van der Waals surface area contributed by atoms with Crippen molar-refractivity contribution in [1.29, 1.82) is 0 Å². The van der Waals surface area contributed by atoms with E-state index in [2.05, 4.69) is 15.9 Å². The van der Waals surface area contributed by atoms with Gasteiger partial charge in [0.05, 0.1) is 10.1 Å². The maximum Gasteiger partial charge on any atom is 0.182 e. The van der Waals surface area contributed by atoms with Crippen molar-refractivity contribution in [2.45, 2.75) is 28.8 Å². The molecular formula is C10H13BrO2S. The Bertz CT molecular complexity index is 384. The van der Waals surface area contributed by atoms with E-state index in [1.54, 1.807) is 37.3 Å². The summed E-state index contributed by atoms with van der Waals surface area (Å²) in [6.07, 6.45) is 0. The highest BCUT2D eigenvalue weighted by molar-refractivity contribution is 9.09. The van der Waals surface area contributed by atoms with Crippen LogP contribution in [0, 0.1) is 0 Å². The zero-order chi connectivity index (χ0) is 10.8.